The Morgan fingerprint density at radius 1 is 1.10 bits per heavy atom. The molecule has 1 aromatic rings. The zero-order chi connectivity index (χ0) is 15.6. The van der Waals surface area contributed by atoms with E-state index >= 15 is 0 Å². The molecule has 0 N–H and O–H groups in total. The zero-order valence-corrected chi connectivity index (χ0v) is 15.5. The van der Waals surface area contributed by atoms with E-state index in [2.05, 4.69) is 76.3 Å². The van der Waals surface area contributed by atoms with E-state index in [-0.39, 0.29) is 10.8 Å². The fourth-order valence-electron chi connectivity index (χ4n) is 1.94. The molecule has 0 fully saturated rings. The van der Waals surface area contributed by atoms with Crippen LogP contribution in [0, 0.1) is 3.57 Å². The lowest BCUT2D eigenvalue weighted by molar-refractivity contribution is -0.108. The first kappa shape index (κ1) is 17.5. The van der Waals surface area contributed by atoms with Gasteiger partial charge in [-0.3, -0.25) is 0 Å². The fraction of sp³-hybridized carbons (Fsp3) is 0.588. The molecule has 0 bridgehead atoms. The normalized spacial score (nSPS) is 12.3. The second kappa shape index (κ2) is 6.46. The van der Waals surface area contributed by atoms with Crippen molar-refractivity contribution in [2.75, 3.05) is 6.61 Å². The third-order valence-electron chi connectivity index (χ3n) is 3.20. The molecular formula is C17H25IO2. The van der Waals surface area contributed by atoms with Gasteiger partial charge in [-0.05, 0) is 45.1 Å². The molecule has 1 rings (SSSR count). The van der Waals surface area contributed by atoms with Crippen molar-refractivity contribution in [3.8, 4) is 5.75 Å². The number of aldehydes is 1. The molecular weight excluding hydrogens is 363 g/mol. The van der Waals surface area contributed by atoms with E-state index in [4.69, 9.17) is 4.74 Å². The molecule has 0 aliphatic carbocycles. The molecule has 0 unspecified atom stereocenters. The summed E-state index contributed by atoms with van der Waals surface area (Å²) in [5.74, 6) is 0.924. The highest BCUT2D eigenvalue weighted by molar-refractivity contribution is 14.1. The van der Waals surface area contributed by atoms with E-state index in [0.717, 1.165) is 15.6 Å². The Bertz CT molecular complexity index is 479. The van der Waals surface area contributed by atoms with Crippen LogP contribution in [0.25, 0.3) is 0 Å². The molecule has 0 spiro atoms. The van der Waals surface area contributed by atoms with Crippen molar-refractivity contribution in [3.63, 3.8) is 0 Å². The third-order valence-corrected chi connectivity index (χ3v) is 4.00. The Balaban J connectivity index is 3.32. The topological polar surface area (TPSA) is 26.3 Å². The number of carbonyl (C=O) groups excluding carboxylic acids is 1. The maximum absolute atomic E-state index is 10.5. The molecule has 0 radical (unpaired) electrons. The van der Waals surface area contributed by atoms with Gasteiger partial charge in [0.1, 0.15) is 12.0 Å². The SMILES string of the molecule is CC(C)(C)c1cc(I)c(OCCC=O)c(C(C)(C)C)c1. The molecule has 0 aromatic heterocycles. The van der Waals surface area contributed by atoms with Crippen molar-refractivity contribution in [1.29, 1.82) is 0 Å². The van der Waals surface area contributed by atoms with Gasteiger partial charge in [-0.2, -0.15) is 0 Å². The highest BCUT2D eigenvalue weighted by Crippen LogP contribution is 2.38. The van der Waals surface area contributed by atoms with Crippen molar-refractivity contribution in [3.05, 3.63) is 26.8 Å². The molecule has 0 heterocycles. The second-order valence-electron chi connectivity index (χ2n) is 7.14. The molecule has 2 nitrogen and oxygen atoms in total. The van der Waals surface area contributed by atoms with E-state index in [0.29, 0.717) is 13.0 Å². The molecule has 0 aliphatic heterocycles. The van der Waals surface area contributed by atoms with Crippen LogP contribution < -0.4 is 4.74 Å². The van der Waals surface area contributed by atoms with E-state index in [1.54, 1.807) is 0 Å². The van der Waals surface area contributed by atoms with E-state index in [1.165, 1.54) is 11.1 Å². The number of carbonyl (C=O) groups is 1. The smallest absolute Gasteiger partial charge is 0.136 e. The Labute approximate surface area is 136 Å². The average Bonchev–Trinajstić information content (AvgIpc) is 2.28. The fourth-order valence-corrected chi connectivity index (χ4v) is 2.72. The number of rotatable bonds is 4. The van der Waals surface area contributed by atoms with Gasteiger partial charge in [-0.1, -0.05) is 47.6 Å². The Hall–Kier alpha value is -0.580. The van der Waals surface area contributed by atoms with Gasteiger partial charge in [0.15, 0.2) is 0 Å². The number of ether oxygens (including phenoxy) is 1. The highest BCUT2D eigenvalue weighted by Gasteiger charge is 2.25. The van der Waals surface area contributed by atoms with Crippen molar-refractivity contribution in [2.45, 2.75) is 58.8 Å². The maximum Gasteiger partial charge on any atom is 0.136 e. The van der Waals surface area contributed by atoms with Crippen LogP contribution in [0.4, 0.5) is 0 Å². The lowest BCUT2D eigenvalue weighted by atomic mass is 9.80. The van der Waals surface area contributed by atoms with Crippen LogP contribution in [0.3, 0.4) is 0 Å². The quantitative estimate of drug-likeness (QED) is 0.419. The van der Waals surface area contributed by atoms with Gasteiger partial charge >= 0.3 is 0 Å². The van der Waals surface area contributed by atoms with Crippen molar-refractivity contribution in [1.82, 2.24) is 0 Å². The third kappa shape index (κ3) is 4.47. The number of hydrogen-bond acceptors (Lipinski definition) is 2. The van der Waals surface area contributed by atoms with Gasteiger partial charge in [0, 0.05) is 12.0 Å². The van der Waals surface area contributed by atoms with Crippen LogP contribution in [-0.2, 0) is 15.6 Å². The number of benzene rings is 1. The van der Waals surface area contributed by atoms with Crippen LogP contribution >= 0.6 is 22.6 Å². The summed E-state index contributed by atoms with van der Waals surface area (Å²) in [4.78, 5) is 10.5. The van der Waals surface area contributed by atoms with Crippen molar-refractivity contribution in [2.24, 2.45) is 0 Å². The van der Waals surface area contributed by atoms with Crippen LogP contribution in [0.5, 0.6) is 5.75 Å². The van der Waals surface area contributed by atoms with E-state index in [9.17, 15) is 4.79 Å². The Morgan fingerprint density at radius 2 is 1.70 bits per heavy atom. The highest BCUT2D eigenvalue weighted by atomic mass is 127. The molecule has 20 heavy (non-hydrogen) atoms. The lowest BCUT2D eigenvalue weighted by Gasteiger charge is -2.28. The van der Waals surface area contributed by atoms with E-state index < -0.39 is 0 Å². The minimum atomic E-state index is 0.0116. The van der Waals surface area contributed by atoms with Gasteiger partial charge in [0.2, 0.25) is 0 Å². The molecule has 0 aliphatic rings. The summed E-state index contributed by atoms with van der Waals surface area (Å²) in [5, 5.41) is 0. The van der Waals surface area contributed by atoms with Crippen LogP contribution in [0.1, 0.15) is 59.1 Å². The molecule has 0 atom stereocenters. The average molecular weight is 388 g/mol. The second-order valence-corrected chi connectivity index (χ2v) is 8.30. The summed E-state index contributed by atoms with van der Waals surface area (Å²) < 4.78 is 6.98. The Morgan fingerprint density at radius 3 is 2.15 bits per heavy atom. The summed E-state index contributed by atoms with van der Waals surface area (Å²) in [6, 6.07) is 4.43. The molecule has 0 saturated heterocycles. The van der Waals surface area contributed by atoms with Gasteiger partial charge in [-0.25, -0.2) is 0 Å². The largest absolute Gasteiger partial charge is 0.492 e. The summed E-state index contributed by atoms with van der Waals surface area (Å²) in [6.07, 6.45) is 1.33. The maximum atomic E-state index is 10.5. The van der Waals surface area contributed by atoms with E-state index in [1.807, 2.05) is 0 Å². The molecule has 112 valence electrons. The summed E-state index contributed by atoms with van der Waals surface area (Å²) in [7, 11) is 0. The van der Waals surface area contributed by atoms with Gasteiger partial charge in [0.25, 0.3) is 0 Å². The first-order valence-electron chi connectivity index (χ1n) is 6.98. The predicted octanol–water partition coefficient (Wildman–Crippen LogP) is 4.85. The van der Waals surface area contributed by atoms with Gasteiger partial charge in [-0.15, -0.1) is 0 Å². The number of hydrogen-bond donors (Lipinski definition) is 0. The monoisotopic (exact) mass is 388 g/mol. The van der Waals surface area contributed by atoms with Crippen LogP contribution in [0.2, 0.25) is 0 Å². The minimum Gasteiger partial charge on any atom is -0.492 e. The lowest BCUT2D eigenvalue weighted by Crippen LogP contribution is -2.19. The standard InChI is InChI=1S/C17H25IO2/c1-16(2,3)12-10-13(17(4,5)6)15(14(18)11-12)20-9-7-8-19/h8,10-11H,7,9H2,1-6H3. The van der Waals surface area contributed by atoms with Crippen molar-refractivity contribution >= 4 is 28.9 Å². The summed E-state index contributed by atoms with van der Waals surface area (Å²) >= 11 is 2.33. The molecule has 3 heteroatoms. The molecule has 0 saturated carbocycles. The van der Waals surface area contributed by atoms with Crippen LogP contribution in [0.15, 0.2) is 12.1 Å². The summed E-state index contributed by atoms with van der Waals surface area (Å²) in [5.41, 5.74) is 2.65. The molecule has 0 amide bonds. The number of halogens is 1. The predicted molar refractivity (Wildman–Crippen MR) is 92.7 cm³/mol. The van der Waals surface area contributed by atoms with Gasteiger partial charge < -0.3 is 9.53 Å². The first-order chi connectivity index (χ1) is 9.07. The molecule has 1 aromatic carbocycles. The first-order valence-corrected chi connectivity index (χ1v) is 8.06. The zero-order valence-electron chi connectivity index (χ0n) is 13.3. The minimum absolute atomic E-state index is 0.0116. The van der Waals surface area contributed by atoms with Gasteiger partial charge in [0.05, 0.1) is 10.2 Å². The van der Waals surface area contributed by atoms with Crippen LogP contribution in [-0.4, -0.2) is 12.9 Å². The summed E-state index contributed by atoms with van der Waals surface area (Å²) in [6.45, 7) is 13.7. The Kier molecular flexibility index (Phi) is 5.64. The van der Waals surface area contributed by atoms with Crippen molar-refractivity contribution < 1.29 is 9.53 Å².